The molecule has 1 saturated heterocycles. The van der Waals surface area contributed by atoms with E-state index in [9.17, 15) is 13.6 Å². The third kappa shape index (κ3) is 4.24. The summed E-state index contributed by atoms with van der Waals surface area (Å²) in [6, 6.07) is 16.6. The number of sulfonamides is 1. The molecule has 29 heavy (non-hydrogen) atoms. The summed E-state index contributed by atoms with van der Waals surface area (Å²) in [5.41, 5.74) is 1.79. The van der Waals surface area contributed by atoms with Crippen LogP contribution in [-0.4, -0.2) is 36.7 Å². The van der Waals surface area contributed by atoms with E-state index >= 15 is 0 Å². The first kappa shape index (κ1) is 19.8. The molecule has 0 aliphatic carbocycles. The minimum absolute atomic E-state index is 0.0455. The fraction of sp³-hybridized carbons (Fsp3) is 0.333. The first-order valence-electron chi connectivity index (χ1n) is 9.71. The van der Waals surface area contributed by atoms with E-state index in [1.165, 1.54) is 8.99 Å². The van der Waals surface area contributed by atoms with Gasteiger partial charge < -0.3 is 4.55 Å². The Balaban J connectivity index is 1.43. The topological polar surface area (TPSA) is 94.0 Å². The molecule has 0 spiro atoms. The minimum Gasteiger partial charge on any atom is -0.593 e. The molecule has 1 aliphatic heterocycles. The molecular formula is C21H24N4O3S. The van der Waals surface area contributed by atoms with Crippen LogP contribution in [0, 0.1) is 6.92 Å². The van der Waals surface area contributed by atoms with Crippen molar-refractivity contribution < 1.29 is 8.76 Å². The van der Waals surface area contributed by atoms with E-state index in [-0.39, 0.29) is 11.6 Å². The minimum atomic E-state index is -3.49. The molecule has 4 rings (SSSR count). The Hall–Kier alpha value is -2.55. The number of rotatable bonds is 5. The van der Waals surface area contributed by atoms with Gasteiger partial charge in [-0.25, -0.2) is 9.48 Å². The Morgan fingerprint density at radius 1 is 1.10 bits per heavy atom. The number of hydrogen-bond donors (Lipinski definition) is 1. The SMILES string of the molecule is Cc1ccc([S+](=O)([O-])N2CCC(c3nn(Cc4ccccc4)c(=O)[nH]3)CC2)cc1. The van der Waals surface area contributed by atoms with Crippen LogP contribution in [0.25, 0.3) is 0 Å². The molecule has 0 bridgehead atoms. The van der Waals surface area contributed by atoms with Crippen molar-refractivity contribution in [1.82, 2.24) is 19.1 Å². The van der Waals surface area contributed by atoms with E-state index in [2.05, 4.69) is 10.1 Å². The van der Waals surface area contributed by atoms with E-state index in [0.717, 1.165) is 11.1 Å². The molecule has 1 unspecified atom stereocenters. The Morgan fingerprint density at radius 2 is 1.76 bits per heavy atom. The Labute approximate surface area is 170 Å². The number of nitrogens with one attached hydrogen (secondary N) is 1. The lowest BCUT2D eigenvalue weighted by molar-refractivity contribution is 0.287. The number of hydrogen-bond acceptors (Lipinski definition) is 4. The van der Waals surface area contributed by atoms with Crippen molar-refractivity contribution in [3.8, 4) is 0 Å². The van der Waals surface area contributed by atoms with Gasteiger partial charge in [-0.3, -0.25) is 4.98 Å². The lowest BCUT2D eigenvalue weighted by atomic mass is 9.98. The summed E-state index contributed by atoms with van der Waals surface area (Å²) in [5.74, 6) is 0.683. The van der Waals surface area contributed by atoms with Gasteiger partial charge in [-0.15, -0.1) is 4.31 Å². The van der Waals surface area contributed by atoms with Gasteiger partial charge in [0, 0.05) is 19.0 Å². The molecule has 3 aromatic rings. The maximum Gasteiger partial charge on any atom is 0.343 e. The number of piperidine rings is 1. The maximum atomic E-state index is 12.9. The number of aryl methyl sites for hydroxylation is 1. The molecule has 8 heteroatoms. The monoisotopic (exact) mass is 412 g/mol. The molecule has 1 aromatic heterocycles. The van der Waals surface area contributed by atoms with Crippen molar-refractivity contribution >= 4 is 10.4 Å². The van der Waals surface area contributed by atoms with Crippen LogP contribution < -0.4 is 5.69 Å². The van der Waals surface area contributed by atoms with Gasteiger partial charge in [0.15, 0.2) is 15.3 Å². The first-order valence-corrected chi connectivity index (χ1v) is 11.2. The van der Waals surface area contributed by atoms with Gasteiger partial charge in [-0.05, 0) is 37.5 Å². The van der Waals surface area contributed by atoms with Crippen LogP contribution in [0.2, 0.25) is 0 Å². The van der Waals surface area contributed by atoms with E-state index in [1.807, 2.05) is 49.4 Å². The van der Waals surface area contributed by atoms with Gasteiger partial charge in [0.1, 0.15) is 5.82 Å². The van der Waals surface area contributed by atoms with Gasteiger partial charge >= 0.3 is 5.69 Å². The van der Waals surface area contributed by atoms with Crippen LogP contribution in [0.3, 0.4) is 0 Å². The molecule has 2 aromatic carbocycles. The summed E-state index contributed by atoms with van der Waals surface area (Å²) < 4.78 is 28.7. The molecule has 152 valence electrons. The third-order valence-electron chi connectivity index (χ3n) is 5.37. The zero-order chi connectivity index (χ0) is 20.4. The van der Waals surface area contributed by atoms with Crippen LogP contribution in [0.15, 0.2) is 64.3 Å². The predicted octanol–water partition coefficient (Wildman–Crippen LogP) is 2.71. The second-order valence-electron chi connectivity index (χ2n) is 7.45. The standard InChI is InChI=1S/C21H24N4O3S/c1-16-7-9-19(10-8-16)29(27,28)24-13-11-18(12-14-24)20-22-21(26)25(23-20)15-17-5-3-2-4-6-17/h2-10,18H,11-15H2,1H3,(H-,22,23,26,27,28). The van der Waals surface area contributed by atoms with Crippen molar-refractivity contribution in [2.75, 3.05) is 13.1 Å². The molecular weight excluding hydrogens is 388 g/mol. The lowest BCUT2D eigenvalue weighted by Gasteiger charge is -2.32. The molecule has 0 amide bonds. The van der Waals surface area contributed by atoms with Gasteiger partial charge in [0.25, 0.3) is 0 Å². The predicted molar refractivity (Wildman–Crippen MR) is 110 cm³/mol. The van der Waals surface area contributed by atoms with Crippen molar-refractivity contribution in [2.24, 2.45) is 0 Å². The van der Waals surface area contributed by atoms with Crippen LogP contribution in [0.4, 0.5) is 0 Å². The van der Waals surface area contributed by atoms with E-state index in [1.54, 1.807) is 12.1 Å². The first-order chi connectivity index (χ1) is 13.9. The number of aromatic nitrogens is 3. The Bertz CT molecular complexity index is 1070. The maximum absolute atomic E-state index is 12.9. The summed E-state index contributed by atoms with van der Waals surface area (Å²) in [6.45, 7) is 3.17. The molecule has 7 nitrogen and oxygen atoms in total. The number of nitrogens with zero attached hydrogens (tertiary/aromatic N) is 3. The largest absolute Gasteiger partial charge is 0.593 e. The molecule has 1 atom stereocenters. The van der Waals surface area contributed by atoms with Crippen LogP contribution in [0.1, 0.15) is 35.7 Å². The van der Waals surface area contributed by atoms with Crippen LogP contribution >= 0.6 is 0 Å². The number of benzene rings is 2. The smallest absolute Gasteiger partial charge is 0.343 e. The summed E-state index contributed by atoms with van der Waals surface area (Å²) >= 11 is 0. The quantitative estimate of drug-likeness (QED) is 0.652. The average Bonchev–Trinajstić information content (AvgIpc) is 3.09. The average molecular weight is 413 g/mol. The summed E-state index contributed by atoms with van der Waals surface area (Å²) in [4.78, 5) is 15.4. The number of H-pyrrole nitrogens is 1. The fourth-order valence-corrected chi connectivity index (χ4v) is 5.12. The zero-order valence-corrected chi connectivity index (χ0v) is 17.1. The summed E-state index contributed by atoms with van der Waals surface area (Å²) in [6.07, 6.45) is 1.26. The van der Waals surface area contributed by atoms with Gasteiger partial charge in [0.2, 0.25) is 0 Å². The van der Waals surface area contributed by atoms with E-state index in [0.29, 0.717) is 43.2 Å². The zero-order valence-electron chi connectivity index (χ0n) is 16.3. The van der Waals surface area contributed by atoms with Crippen LogP contribution in [0.5, 0.6) is 0 Å². The normalized spacial score (nSPS) is 17.9. The lowest BCUT2D eigenvalue weighted by Crippen LogP contribution is -2.41. The Kier molecular flexibility index (Phi) is 5.49. The third-order valence-corrected chi connectivity index (χ3v) is 7.29. The second kappa shape index (κ2) is 8.06. The highest BCUT2D eigenvalue weighted by Crippen LogP contribution is 2.31. The summed E-state index contributed by atoms with van der Waals surface area (Å²) in [5, 5.41) is 4.46. The van der Waals surface area contributed by atoms with Crippen molar-refractivity contribution in [1.29, 1.82) is 0 Å². The van der Waals surface area contributed by atoms with Gasteiger partial charge in [0.05, 0.1) is 6.54 Å². The molecule has 1 N–H and O–H groups in total. The fourth-order valence-electron chi connectivity index (χ4n) is 3.65. The van der Waals surface area contributed by atoms with Gasteiger partial charge in [-0.2, -0.15) is 5.10 Å². The molecule has 1 aliphatic rings. The van der Waals surface area contributed by atoms with E-state index < -0.39 is 10.4 Å². The number of aromatic amines is 1. The summed E-state index contributed by atoms with van der Waals surface area (Å²) in [7, 11) is -3.49. The van der Waals surface area contributed by atoms with Gasteiger partial charge in [-0.1, -0.05) is 52.2 Å². The Morgan fingerprint density at radius 3 is 2.41 bits per heavy atom. The highest BCUT2D eigenvalue weighted by Gasteiger charge is 2.35. The molecule has 0 saturated carbocycles. The highest BCUT2D eigenvalue weighted by atomic mass is 32.3. The van der Waals surface area contributed by atoms with Crippen molar-refractivity contribution in [3.05, 3.63) is 82.0 Å². The molecule has 1 fully saturated rings. The van der Waals surface area contributed by atoms with Crippen LogP contribution in [-0.2, 0) is 21.2 Å². The van der Waals surface area contributed by atoms with Crippen molar-refractivity contribution in [3.63, 3.8) is 0 Å². The van der Waals surface area contributed by atoms with E-state index in [4.69, 9.17) is 0 Å². The highest BCUT2D eigenvalue weighted by molar-refractivity contribution is 7.95. The molecule has 0 radical (unpaired) electrons. The molecule has 2 heterocycles. The van der Waals surface area contributed by atoms with Crippen molar-refractivity contribution in [2.45, 2.75) is 37.1 Å². The second-order valence-corrected chi connectivity index (χ2v) is 9.39.